The van der Waals surface area contributed by atoms with Crippen LogP contribution in [0.25, 0.3) is 11.3 Å². The topological polar surface area (TPSA) is 72.3 Å². The number of nitrogens with zero attached hydrogens (tertiary/aromatic N) is 3. The minimum atomic E-state index is -0.979. The zero-order valence-electron chi connectivity index (χ0n) is 21.2. The van der Waals surface area contributed by atoms with Crippen molar-refractivity contribution in [1.82, 2.24) is 14.7 Å². The van der Waals surface area contributed by atoms with E-state index in [0.717, 1.165) is 58.1 Å². The number of aromatic nitrogens is 2. The molecule has 0 aliphatic carbocycles. The number of Topliss-reactive ketones (excluding diaryl/α,β-unsaturated/α-hetero) is 1. The van der Waals surface area contributed by atoms with Gasteiger partial charge in [0.2, 0.25) is 0 Å². The largest absolute Gasteiger partial charge is 0.293 e. The number of fused-ring (bicyclic) bond motifs is 4. The number of aryl methyl sites for hydroxylation is 3. The van der Waals surface area contributed by atoms with Crippen molar-refractivity contribution in [2.75, 3.05) is 6.54 Å². The molecular weight excluding hydrogens is 520 g/mol. The second-order valence-electron chi connectivity index (χ2n) is 10.2. The van der Waals surface area contributed by atoms with Crippen LogP contribution in [0.3, 0.4) is 0 Å². The van der Waals surface area contributed by atoms with E-state index in [1.165, 1.54) is 17.4 Å². The first-order valence-corrected chi connectivity index (χ1v) is 13.7. The molecule has 2 aliphatic heterocycles. The monoisotopic (exact) mass is 545 g/mol. The summed E-state index contributed by atoms with van der Waals surface area (Å²) in [7, 11) is 0. The van der Waals surface area contributed by atoms with Crippen LogP contribution in [0, 0.1) is 24.5 Å². The van der Waals surface area contributed by atoms with Crippen LogP contribution < -0.4 is 0 Å². The number of ketones is 1. The Bertz CT molecular complexity index is 1610. The van der Waals surface area contributed by atoms with E-state index in [0.29, 0.717) is 21.6 Å². The van der Waals surface area contributed by atoms with Crippen molar-refractivity contribution in [3.63, 3.8) is 0 Å². The number of carbonyl (C=O) groups excluding carboxylic acids is 3. The molecule has 2 aromatic heterocycles. The standard InChI is InChI=1S/C30H25F2N3O3S/c1-17-15-33-35-10-4-7-26-22(28(17)35)14-27(39-26)25(36)13-19(11-18-8-9-23(31)24(32)12-18)16-34-29(37)20-5-2-3-6-21(20)30(34)38/h2-3,5-6,8-9,12,14-15,19H,4,7,10-11,13,16H2,1H3/t19-/m1/s1. The van der Waals surface area contributed by atoms with Gasteiger partial charge in [-0.3, -0.25) is 24.0 Å². The zero-order valence-corrected chi connectivity index (χ0v) is 22.1. The highest BCUT2D eigenvalue weighted by Crippen LogP contribution is 2.38. The summed E-state index contributed by atoms with van der Waals surface area (Å²) in [6, 6.07) is 12.2. The molecule has 39 heavy (non-hydrogen) atoms. The Morgan fingerprint density at radius 2 is 1.77 bits per heavy atom. The van der Waals surface area contributed by atoms with Crippen LogP contribution in [0.15, 0.2) is 54.7 Å². The fourth-order valence-corrected chi connectivity index (χ4v) is 6.72. The van der Waals surface area contributed by atoms with Crippen LogP contribution in [0.2, 0.25) is 0 Å². The molecule has 2 amide bonds. The summed E-state index contributed by atoms with van der Waals surface area (Å²) in [5.74, 6) is -3.36. The maximum Gasteiger partial charge on any atom is 0.261 e. The second kappa shape index (κ2) is 9.96. The van der Waals surface area contributed by atoms with Gasteiger partial charge in [0.15, 0.2) is 17.4 Å². The number of benzene rings is 2. The molecular formula is C30H25F2N3O3S. The summed E-state index contributed by atoms with van der Waals surface area (Å²) in [6.07, 6.45) is 3.86. The van der Waals surface area contributed by atoms with Gasteiger partial charge in [-0.15, -0.1) is 11.3 Å². The van der Waals surface area contributed by atoms with E-state index in [1.54, 1.807) is 24.3 Å². The smallest absolute Gasteiger partial charge is 0.261 e. The number of carbonyl (C=O) groups is 3. The Kier molecular flexibility index (Phi) is 6.46. The molecule has 2 aromatic carbocycles. The van der Waals surface area contributed by atoms with Crippen molar-refractivity contribution in [2.24, 2.45) is 5.92 Å². The number of halogens is 2. The molecule has 1 atom stereocenters. The molecule has 0 fully saturated rings. The van der Waals surface area contributed by atoms with Crippen LogP contribution in [0.5, 0.6) is 0 Å². The molecule has 0 radical (unpaired) electrons. The van der Waals surface area contributed by atoms with Gasteiger partial charge in [0.05, 0.1) is 27.9 Å². The number of thiophene rings is 1. The first-order chi connectivity index (χ1) is 18.8. The van der Waals surface area contributed by atoms with Crippen LogP contribution in [0.4, 0.5) is 8.78 Å². The summed E-state index contributed by atoms with van der Waals surface area (Å²) in [5, 5.41) is 4.48. The molecule has 6 rings (SSSR count). The van der Waals surface area contributed by atoms with Crippen molar-refractivity contribution in [2.45, 2.75) is 39.2 Å². The third kappa shape index (κ3) is 4.61. The highest BCUT2D eigenvalue weighted by atomic mass is 32.1. The van der Waals surface area contributed by atoms with Gasteiger partial charge < -0.3 is 0 Å². The highest BCUT2D eigenvalue weighted by molar-refractivity contribution is 7.14. The van der Waals surface area contributed by atoms with Crippen molar-refractivity contribution in [3.8, 4) is 11.3 Å². The van der Waals surface area contributed by atoms with Crippen LogP contribution in [-0.4, -0.2) is 38.8 Å². The summed E-state index contributed by atoms with van der Waals surface area (Å²) >= 11 is 1.47. The van der Waals surface area contributed by atoms with E-state index in [9.17, 15) is 23.2 Å². The molecule has 198 valence electrons. The van der Waals surface area contributed by atoms with Crippen molar-refractivity contribution in [1.29, 1.82) is 0 Å². The van der Waals surface area contributed by atoms with Gasteiger partial charge >= 0.3 is 0 Å². The van der Waals surface area contributed by atoms with Gasteiger partial charge in [0.1, 0.15) is 0 Å². The third-order valence-corrected chi connectivity index (χ3v) is 8.67. The van der Waals surface area contributed by atoms with E-state index < -0.39 is 29.4 Å². The van der Waals surface area contributed by atoms with Gasteiger partial charge in [-0.1, -0.05) is 18.2 Å². The van der Waals surface area contributed by atoms with E-state index in [4.69, 9.17) is 0 Å². The minimum Gasteiger partial charge on any atom is -0.293 e. The molecule has 9 heteroatoms. The summed E-state index contributed by atoms with van der Waals surface area (Å²) in [4.78, 5) is 42.6. The number of hydrogen-bond donors (Lipinski definition) is 0. The Labute approximate surface area is 227 Å². The molecule has 0 unspecified atom stereocenters. The zero-order chi connectivity index (χ0) is 27.3. The Morgan fingerprint density at radius 3 is 2.49 bits per heavy atom. The van der Waals surface area contributed by atoms with Gasteiger partial charge in [-0.05, 0) is 73.6 Å². The molecule has 0 bridgehead atoms. The molecule has 4 aromatic rings. The third-order valence-electron chi connectivity index (χ3n) is 7.44. The average molecular weight is 546 g/mol. The number of rotatable bonds is 7. The molecule has 0 saturated heterocycles. The van der Waals surface area contributed by atoms with Crippen molar-refractivity contribution >= 4 is 28.9 Å². The maximum atomic E-state index is 14.0. The first-order valence-electron chi connectivity index (χ1n) is 12.9. The lowest BCUT2D eigenvalue weighted by Gasteiger charge is -2.22. The fraction of sp³-hybridized carbons (Fsp3) is 0.267. The van der Waals surface area contributed by atoms with E-state index in [2.05, 4.69) is 5.10 Å². The van der Waals surface area contributed by atoms with Crippen molar-refractivity contribution < 1.29 is 23.2 Å². The van der Waals surface area contributed by atoms with Gasteiger partial charge in [0.25, 0.3) is 11.8 Å². The van der Waals surface area contributed by atoms with Crippen molar-refractivity contribution in [3.05, 3.63) is 98.4 Å². The summed E-state index contributed by atoms with van der Waals surface area (Å²) in [5.41, 5.74) is 4.25. The lowest BCUT2D eigenvalue weighted by molar-refractivity contribution is 0.0617. The van der Waals surface area contributed by atoms with Crippen LogP contribution in [-0.2, 0) is 19.4 Å². The highest BCUT2D eigenvalue weighted by Gasteiger charge is 2.37. The van der Waals surface area contributed by atoms with Gasteiger partial charge in [-0.25, -0.2) is 8.78 Å². The van der Waals surface area contributed by atoms with Gasteiger partial charge in [0, 0.05) is 30.0 Å². The Balaban J connectivity index is 1.29. The normalized spacial score (nSPS) is 15.1. The molecule has 0 N–H and O–H groups in total. The predicted octanol–water partition coefficient (Wildman–Crippen LogP) is 5.87. The van der Waals surface area contributed by atoms with Gasteiger partial charge in [-0.2, -0.15) is 5.10 Å². The van der Waals surface area contributed by atoms with E-state index in [1.807, 2.05) is 23.9 Å². The first kappa shape index (κ1) is 25.3. The molecule has 4 heterocycles. The lowest BCUT2D eigenvalue weighted by Crippen LogP contribution is -2.36. The average Bonchev–Trinajstić information content (AvgIpc) is 3.53. The number of amides is 2. The number of imide groups is 1. The molecule has 0 spiro atoms. The van der Waals surface area contributed by atoms with Crippen LogP contribution in [0.1, 0.15) is 59.2 Å². The lowest BCUT2D eigenvalue weighted by atomic mass is 9.92. The molecule has 6 nitrogen and oxygen atoms in total. The predicted molar refractivity (Wildman–Crippen MR) is 143 cm³/mol. The maximum absolute atomic E-state index is 14.0. The molecule has 0 saturated carbocycles. The quantitative estimate of drug-likeness (QED) is 0.215. The SMILES string of the molecule is Cc1cnn2c1-c1cc(C(=O)C[C@@H](Cc3ccc(F)c(F)c3)CN3C(=O)c4ccccc4C3=O)sc1CCC2. The molecule has 2 aliphatic rings. The van der Waals surface area contributed by atoms with E-state index in [-0.39, 0.29) is 25.2 Å². The van der Waals surface area contributed by atoms with Crippen LogP contribution >= 0.6 is 11.3 Å². The summed E-state index contributed by atoms with van der Waals surface area (Å²) < 4.78 is 29.5. The van der Waals surface area contributed by atoms with E-state index >= 15 is 0 Å². The minimum absolute atomic E-state index is 0.00590. The number of hydrogen-bond acceptors (Lipinski definition) is 5. The Hall–Kier alpha value is -3.98. The second-order valence-corrected chi connectivity index (χ2v) is 11.3. The summed E-state index contributed by atoms with van der Waals surface area (Å²) in [6.45, 7) is 2.82. The Morgan fingerprint density at radius 1 is 1.03 bits per heavy atom. The fourth-order valence-electron chi connectivity index (χ4n) is 5.57.